The molecule has 0 unspecified atom stereocenters. The molecule has 1 aliphatic heterocycles. The lowest BCUT2D eigenvalue weighted by molar-refractivity contribution is -0.137. The monoisotopic (exact) mass is 541 g/mol. The molecule has 0 radical (unpaired) electrons. The Morgan fingerprint density at radius 3 is 2.34 bits per heavy atom. The van der Waals surface area contributed by atoms with Crippen molar-refractivity contribution in [1.29, 1.82) is 0 Å². The number of ether oxygens (including phenoxy) is 1. The number of hydrogen-bond donors (Lipinski definition) is 2. The van der Waals surface area contributed by atoms with Crippen LogP contribution in [0.25, 0.3) is 11.0 Å². The molecule has 1 fully saturated rings. The Bertz CT molecular complexity index is 1280. The number of hydrogen-bond acceptors (Lipinski definition) is 5. The molecule has 1 aromatic heterocycles. The molecular formula is C25H34F3N5O5. The number of nitrogens with one attached hydrogen (secondary N) is 2. The van der Waals surface area contributed by atoms with E-state index in [1.54, 1.807) is 27.7 Å². The van der Waals surface area contributed by atoms with Crippen molar-refractivity contribution in [3.63, 3.8) is 0 Å². The lowest BCUT2D eigenvalue weighted by Crippen LogP contribution is -2.50. The summed E-state index contributed by atoms with van der Waals surface area (Å²) in [4.78, 5) is 51.3. The molecule has 1 aliphatic rings. The topological polar surface area (TPSA) is 115 Å². The van der Waals surface area contributed by atoms with Crippen molar-refractivity contribution < 1.29 is 32.3 Å². The molecule has 1 saturated heterocycles. The lowest BCUT2D eigenvalue weighted by atomic mass is 10.0. The number of aryl methyl sites for hydroxylation is 1. The van der Waals surface area contributed by atoms with E-state index >= 15 is 0 Å². The fourth-order valence-electron chi connectivity index (χ4n) is 4.50. The van der Waals surface area contributed by atoms with Crippen molar-refractivity contribution in [3.05, 3.63) is 33.7 Å². The smallest absolute Gasteiger partial charge is 0.417 e. The van der Waals surface area contributed by atoms with Crippen LogP contribution in [0.5, 0.6) is 0 Å². The second-order valence-corrected chi connectivity index (χ2v) is 10.3. The standard InChI is InChI=1S/C25H34F3N5O5/c1-6-32-20-13-18(25(26,27)28)17(12-19(20)33(22(32)36)11-9-29-15(2)34)21(35)30-16-8-7-10-31(14-16)23(37)38-24(3,4)5/h12-13,16H,6-11,14H2,1-5H3,(H,29,34)(H,30,35)/t16-/m1/s1. The molecule has 3 amide bonds. The predicted octanol–water partition coefficient (Wildman–Crippen LogP) is 3.11. The van der Waals surface area contributed by atoms with Crippen LogP contribution in [0.3, 0.4) is 0 Å². The van der Waals surface area contributed by atoms with Crippen LogP contribution in [0.15, 0.2) is 16.9 Å². The first kappa shape index (κ1) is 29.1. The maximum atomic E-state index is 14.1. The van der Waals surface area contributed by atoms with Crippen LogP contribution >= 0.6 is 0 Å². The van der Waals surface area contributed by atoms with E-state index in [0.717, 1.165) is 12.1 Å². The summed E-state index contributed by atoms with van der Waals surface area (Å²) in [5, 5.41) is 5.19. The minimum Gasteiger partial charge on any atom is -0.444 e. The van der Waals surface area contributed by atoms with Gasteiger partial charge in [0.1, 0.15) is 5.60 Å². The largest absolute Gasteiger partial charge is 0.444 e. The number of imidazole rings is 1. The first-order valence-electron chi connectivity index (χ1n) is 12.5. The summed E-state index contributed by atoms with van der Waals surface area (Å²) in [6.45, 7) is 8.85. The number of piperidine rings is 1. The molecule has 13 heteroatoms. The number of benzene rings is 1. The summed E-state index contributed by atoms with van der Waals surface area (Å²) in [5.74, 6) is -1.27. The average molecular weight is 542 g/mol. The molecule has 2 aromatic rings. The van der Waals surface area contributed by atoms with Crippen LogP contribution < -0.4 is 16.3 Å². The third-order valence-corrected chi connectivity index (χ3v) is 6.14. The van der Waals surface area contributed by atoms with Crippen LogP contribution in [-0.4, -0.2) is 63.2 Å². The van der Waals surface area contributed by atoms with Crippen molar-refractivity contribution in [2.75, 3.05) is 19.6 Å². The highest BCUT2D eigenvalue weighted by atomic mass is 19.4. The van der Waals surface area contributed by atoms with Gasteiger partial charge in [0.2, 0.25) is 5.91 Å². The van der Waals surface area contributed by atoms with Gasteiger partial charge in [0, 0.05) is 45.7 Å². The Balaban J connectivity index is 1.96. The number of carbonyl (C=O) groups excluding carboxylic acids is 3. The number of aromatic nitrogens is 2. The summed E-state index contributed by atoms with van der Waals surface area (Å²) in [5.41, 5.74) is -2.85. The van der Waals surface area contributed by atoms with Crippen LogP contribution in [0.2, 0.25) is 0 Å². The molecule has 1 aromatic carbocycles. The van der Waals surface area contributed by atoms with Gasteiger partial charge in [-0.2, -0.15) is 13.2 Å². The van der Waals surface area contributed by atoms with Crippen LogP contribution in [-0.2, 0) is 28.8 Å². The third-order valence-electron chi connectivity index (χ3n) is 6.14. The van der Waals surface area contributed by atoms with Gasteiger partial charge >= 0.3 is 18.0 Å². The van der Waals surface area contributed by atoms with E-state index in [-0.39, 0.29) is 43.1 Å². The number of fused-ring (bicyclic) bond motifs is 1. The quantitative estimate of drug-likeness (QED) is 0.584. The van der Waals surface area contributed by atoms with E-state index in [2.05, 4.69) is 10.6 Å². The number of halogens is 3. The molecule has 1 atom stereocenters. The normalized spacial score (nSPS) is 16.4. The Morgan fingerprint density at radius 1 is 1.11 bits per heavy atom. The zero-order valence-corrected chi connectivity index (χ0v) is 22.2. The molecule has 0 saturated carbocycles. The SMILES string of the molecule is CCn1c(=O)n(CCNC(C)=O)c2cc(C(=O)N[C@@H]3CCCN(C(=O)OC(C)(C)C)C3)c(C(F)(F)F)cc21. The first-order valence-corrected chi connectivity index (χ1v) is 12.5. The Hall–Kier alpha value is -3.51. The number of carbonyl (C=O) groups is 3. The molecule has 0 spiro atoms. The molecule has 10 nitrogen and oxygen atoms in total. The number of nitrogens with zero attached hydrogens (tertiary/aromatic N) is 3. The second-order valence-electron chi connectivity index (χ2n) is 10.3. The van der Waals surface area contributed by atoms with Crippen molar-refractivity contribution in [3.8, 4) is 0 Å². The van der Waals surface area contributed by atoms with E-state index in [1.807, 2.05) is 0 Å². The molecule has 38 heavy (non-hydrogen) atoms. The number of rotatable bonds is 6. The molecule has 210 valence electrons. The summed E-state index contributed by atoms with van der Waals surface area (Å²) in [6, 6.07) is 1.31. The fourth-order valence-corrected chi connectivity index (χ4v) is 4.50. The Labute approximate surface area is 218 Å². The van der Waals surface area contributed by atoms with E-state index < -0.39 is 46.6 Å². The lowest BCUT2D eigenvalue weighted by Gasteiger charge is -2.34. The van der Waals surface area contributed by atoms with Gasteiger partial charge in [0.05, 0.1) is 22.2 Å². The molecular weight excluding hydrogens is 507 g/mol. The Kier molecular flexibility index (Phi) is 8.47. The maximum absolute atomic E-state index is 14.1. The van der Waals surface area contributed by atoms with Gasteiger partial charge in [0.25, 0.3) is 5.91 Å². The second kappa shape index (κ2) is 11.1. The van der Waals surface area contributed by atoms with Crippen LogP contribution in [0, 0.1) is 0 Å². The van der Waals surface area contributed by atoms with Crippen molar-refractivity contribution in [2.45, 2.75) is 78.4 Å². The van der Waals surface area contributed by atoms with Gasteiger partial charge in [0.15, 0.2) is 0 Å². The van der Waals surface area contributed by atoms with Crippen LogP contribution in [0.1, 0.15) is 63.4 Å². The molecule has 2 heterocycles. The minimum atomic E-state index is -4.86. The van der Waals surface area contributed by atoms with Gasteiger partial charge in [-0.25, -0.2) is 9.59 Å². The number of alkyl halides is 3. The third kappa shape index (κ3) is 6.67. The van der Waals surface area contributed by atoms with Crippen molar-refractivity contribution in [2.24, 2.45) is 0 Å². The van der Waals surface area contributed by atoms with E-state index in [9.17, 15) is 32.3 Å². The number of amides is 3. The van der Waals surface area contributed by atoms with Gasteiger partial charge in [-0.3, -0.25) is 18.7 Å². The summed E-state index contributed by atoms with van der Waals surface area (Å²) in [6.07, 6.45) is -4.40. The number of likely N-dealkylation sites (tertiary alicyclic amines) is 1. The molecule has 0 bridgehead atoms. The fraction of sp³-hybridized carbons (Fsp3) is 0.600. The van der Waals surface area contributed by atoms with Crippen molar-refractivity contribution in [1.82, 2.24) is 24.7 Å². The van der Waals surface area contributed by atoms with Gasteiger partial charge in [-0.1, -0.05) is 0 Å². The summed E-state index contributed by atoms with van der Waals surface area (Å²) in [7, 11) is 0. The Morgan fingerprint density at radius 2 is 1.76 bits per heavy atom. The highest BCUT2D eigenvalue weighted by molar-refractivity contribution is 5.99. The molecule has 0 aliphatic carbocycles. The van der Waals surface area contributed by atoms with Crippen molar-refractivity contribution >= 4 is 28.9 Å². The summed E-state index contributed by atoms with van der Waals surface area (Å²) < 4.78 is 50.1. The highest BCUT2D eigenvalue weighted by Gasteiger charge is 2.37. The van der Waals surface area contributed by atoms with E-state index in [4.69, 9.17) is 4.74 Å². The predicted molar refractivity (Wildman–Crippen MR) is 134 cm³/mol. The molecule has 2 N–H and O–H groups in total. The first-order chi connectivity index (χ1) is 17.6. The highest BCUT2D eigenvalue weighted by Crippen LogP contribution is 2.35. The zero-order chi connectivity index (χ0) is 28.4. The maximum Gasteiger partial charge on any atom is 0.417 e. The van der Waals surface area contributed by atoms with E-state index in [1.165, 1.54) is 21.0 Å². The summed E-state index contributed by atoms with van der Waals surface area (Å²) >= 11 is 0. The minimum absolute atomic E-state index is 0.0157. The average Bonchev–Trinajstić information content (AvgIpc) is 3.06. The van der Waals surface area contributed by atoms with E-state index in [0.29, 0.717) is 19.4 Å². The van der Waals surface area contributed by atoms with Crippen LogP contribution in [0.4, 0.5) is 18.0 Å². The van der Waals surface area contributed by atoms with Gasteiger partial charge in [-0.15, -0.1) is 0 Å². The van der Waals surface area contributed by atoms with Gasteiger partial charge in [-0.05, 0) is 52.7 Å². The van der Waals surface area contributed by atoms with Gasteiger partial charge < -0.3 is 20.3 Å². The molecule has 3 rings (SSSR count). The zero-order valence-electron chi connectivity index (χ0n) is 22.2.